The van der Waals surface area contributed by atoms with Gasteiger partial charge < -0.3 is 5.32 Å². The zero-order chi connectivity index (χ0) is 18.3. The van der Waals surface area contributed by atoms with E-state index in [-0.39, 0.29) is 23.1 Å². The number of aromatic nitrogens is 1. The van der Waals surface area contributed by atoms with Crippen molar-refractivity contribution in [1.29, 1.82) is 0 Å². The largest absolute Gasteiger partial charge is 0.343 e. The molecule has 2 aliphatic heterocycles. The summed E-state index contributed by atoms with van der Waals surface area (Å²) in [6.45, 7) is 1.77. The van der Waals surface area contributed by atoms with Crippen LogP contribution in [0.15, 0.2) is 42.7 Å². The number of carbonyl (C=O) groups excluding carboxylic acids is 1. The van der Waals surface area contributed by atoms with Crippen molar-refractivity contribution in [2.24, 2.45) is 0 Å². The number of halogens is 1. The Labute approximate surface area is 153 Å². The molecule has 0 radical (unpaired) electrons. The number of aryl methyl sites for hydroxylation is 1. The van der Waals surface area contributed by atoms with Gasteiger partial charge in [-0.05, 0) is 62.9 Å². The second-order valence-electron chi connectivity index (χ2n) is 7.57. The summed E-state index contributed by atoms with van der Waals surface area (Å²) < 4.78 is 14.3. The Kier molecular flexibility index (Phi) is 4.27. The topological polar surface area (TPSA) is 45.2 Å². The Morgan fingerprint density at radius 1 is 1.31 bits per heavy atom. The molecule has 26 heavy (non-hydrogen) atoms. The molecule has 1 N–H and O–H groups in total. The lowest BCUT2D eigenvalue weighted by Gasteiger charge is -2.40. The fraction of sp³-hybridized carbons (Fsp3) is 0.429. The second-order valence-corrected chi connectivity index (χ2v) is 7.57. The van der Waals surface area contributed by atoms with E-state index in [0.29, 0.717) is 11.6 Å². The van der Waals surface area contributed by atoms with Gasteiger partial charge in [0.05, 0.1) is 11.6 Å². The first-order chi connectivity index (χ1) is 12.5. The maximum Gasteiger partial charge on any atom is 0.255 e. The summed E-state index contributed by atoms with van der Waals surface area (Å²) in [6, 6.07) is 8.99. The van der Waals surface area contributed by atoms with E-state index in [1.807, 2.05) is 18.3 Å². The summed E-state index contributed by atoms with van der Waals surface area (Å²) in [7, 11) is 2.15. The van der Waals surface area contributed by atoms with E-state index < -0.39 is 5.82 Å². The Morgan fingerprint density at radius 3 is 2.65 bits per heavy atom. The van der Waals surface area contributed by atoms with Crippen LogP contribution in [-0.4, -0.2) is 34.4 Å². The lowest BCUT2D eigenvalue weighted by Crippen LogP contribution is -2.51. The van der Waals surface area contributed by atoms with Crippen LogP contribution in [0, 0.1) is 12.7 Å². The van der Waals surface area contributed by atoms with Crippen molar-refractivity contribution in [3.8, 4) is 0 Å². The monoisotopic (exact) mass is 353 g/mol. The number of amides is 1. The molecule has 2 aromatic rings. The van der Waals surface area contributed by atoms with Crippen molar-refractivity contribution >= 4 is 5.91 Å². The van der Waals surface area contributed by atoms with Gasteiger partial charge in [-0.3, -0.25) is 14.7 Å². The SMILES string of the molecule is Cc1cccc(F)c1C(=O)NC(c1cccnc1)C12CCC(CC1)N2C. The first-order valence-corrected chi connectivity index (χ1v) is 9.22. The van der Waals surface area contributed by atoms with E-state index in [2.05, 4.69) is 22.2 Å². The van der Waals surface area contributed by atoms with Gasteiger partial charge in [-0.25, -0.2) is 4.39 Å². The first-order valence-electron chi connectivity index (χ1n) is 9.22. The number of pyridine rings is 1. The van der Waals surface area contributed by atoms with Gasteiger partial charge >= 0.3 is 0 Å². The van der Waals surface area contributed by atoms with Crippen LogP contribution in [0.5, 0.6) is 0 Å². The molecule has 1 atom stereocenters. The second kappa shape index (κ2) is 6.47. The predicted octanol–water partition coefficient (Wildman–Crippen LogP) is 3.63. The van der Waals surface area contributed by atoms with Gasteiger partial charge in [0, 0.05) is 24.0 Å². The van der Waals surface area contributed by atoms with Gasteiger partial charge in [0.1, 0.15) is 5.82 Å². The minimum absolute atomic E-state index is 0.122. The third-order valence-corrected chi connectivity index (χ3v) is 6.35. The first kappa shape index (κ1) is 17.2. The molecule has 3 heterocycles. The van der Waals surface area contributed by atoms with Crippen molar-refractivity contribution in [2.75, 3.05) is 7.05 Å². The van der Waals surface area contributed by atoms with Crippen LogP contribution >= 0.6 is 0 Å². The Morgan fingerprint density at radius 2 is 2.08 bits per heavy atom. The van der Waals surface area contributed by atoms with Gasteiger partial charge in [-0.15, -0.1) is 0 Å². The van der Waals surface area contributed by atoms with Gasteiger partial charge in [0.15, 0.2) is 0 Å². The van der Waals surface area contributed by atoms with E-state index in [0.717, 1.165) is 31.2 Å². The van der Waals surface area contributed by atoms with E-state index in [1.165, 1.54) is 6.07 Å². The summed E-state index contributed by atoms with van der Waals surface area (Å²) >= 11 is 0. The summed E-state index contributed by atoms with van der Waals surface area (Å²) in [5, 5.41) is 3.16. The van der Waals surface area contributed by atoms with Crippen molar-refractivity contribution in [1.82, 2.24) is 15.2 Å². The summed E-state index contributed by atoms with van der Waals surface area (Å²) in [5.41, 5.74) is 1.63. The molecule has 2 aliphatic rings. The minimum atomic E-state index is -0.478. The molecule has 2 bridgehead atoms. The molecular formula is C21H24FN3O. The van der Waals surface area contributed by atoms with Crippen molar-refractivity contribution in [3.63, 3.8) is 0 Å². The number of nitrogens with zero attached hydrogens (tertiary/aromatic N) is 2. The molecule has 1 aromatic heterocycles. The predicted molar refractivity (Wildman–Crippen MR) is 98.3 cm³/mol. The number of benzene rings is 1. The van der Waals surface area contributed by atoms with Gasteiger partial charge in [0.25, 0.3) is 5.91 Å². The lowest BCUT2D eigenvalue weighted by molar-refractivity contribution is 0.0833. The summed E-state index contributed by atoms with van der Waals surface area (Å²) in [5.74, 6) is -0.832. The molecule has 0 aliphatic carbocycles. The number of carbonyl (C=O) groups is 1. The van der Waals surface area contributed by atoms with E-state index in [1.54, 1.807) is 25.3 Å². The van der Waals surface area contributed by atoms with Crippen LogP contribution in [0.25, 0.3) is 0 Å². The highest BCUT2D eigenvalue weighted by Gasteiger charge is 2.54. The molecule has 1 unspecified atom stereocenters. The maximum absolute atomic E-state index is 14.3. The molecule has 2 fully saturated rings. The smallest absolute Gasteiger partial charge is 0.255 e. The molecule has 0 spiro atoms. The molecule has 1 aromatic carbocycles. The Bertz CT molecular complexity index is 795. The zero-order valence-electron chi connectivity index (χ0n) is 15.2. The number of rotatable bonds is 4. The normalized spacial score (nSPS) is 26.0. The maximum atomic E-state index is 14.3. The lowest BCUT2D eigenvalue weighted by atomic mass is 9.78. The number of hydrogen-bond acceptors (Lipinski definition) is 3. The molecule has 5 heteroatoms. The van der Waals surface area contributed by atoms with E-state index in [4.69, 9.17) is 0 Å². The highest BCUT2D eigenvalue weighted by Crippen LogP contribution is 2.51. The van der Waals surface area contributed by atoms with Gasteiger partial charge in [-0.2, -0.15) is 0 Å². The van der Waals surface area contributed by atoms with Crippen LogP contribution in [0.2, 0.25) is 0 Å². The quantitative estimate of drug-likeness (QED) is 0.913. The fourth-order valence-corrected chi connectivity index (χ4v) is 4.90. The number of hydrogen-bond donors (Lipinski definition) is 1. The Balaban J connectivity index is 1.72. The van der Waals surface area contributed by atoms with Gasteiger partial charge in [0.2, 0.25) is 0 Å². The minimum Gasteiger partial charge on any atom is -0.343 e. The molecule has 0 saturated carbocycles. The fourth-order valence-electron chi connectivity index (χ4n) is 4.90. The van der Waals surface area contributed by atoms with Crippen LogP contribution in [0.1, 0.15) is 53.2 Å². The summed E-state index contributed by atoms with van der Waals surface area (Å²) in [4.78, 5) is 19.7. The molecule has 1 amide bonds. The van der Waals surface area contributed by atoms with E-state index >= 15 is 0 Å². The number of fused-ring (bicyclic) bond motifs is 2. The molecular weight excluding hydrogens is 329 g/mol. The van der Waals surface area contributed by atoms with Crippen molar-refractivity contribution in [3.05, 3.63) is 65.2 Å². The summed E-state index contributed by atoms with van der Waals surface area (Å²) in [6.07, 6.45) is 7.89. The standard InChI is InChI=1S/C21H24FN3O/c1-14-5-3-7-17(22)18(14)20(26)24-19(15-6-4-12-23-13-15)21-10-8-16(9-11-21)25(21)2/h3-7,12-13,16,19H,8-11H2,1-2H3,(H,24,26). The van der Waals surface area contributed by atoms with Crippen molar-refractivity contribution in [2.45, 2.75) is 50.2 Å². The van der Waals surface area contributed by atoms with Crippen LogP contribution in [-0.2, 0) is 0 Å². The highest BCUT2D eigenvalue weighted by atomic mass is 19.1. The van der Waals surface area contributed by atoms with Crippen LogP contribution < -0.4 is 5.32 Å². The van der Waals surface area contributed by atoms with E-state index in [9.17, 15) is 9.18 Å². The highest BCUT2D eigenvalue weighted by molar-refractivity contribution is 5.96. The average Bonchev–Trinajstić information content (AvgIpc) is 3.13. The Hall–Kier alpha value is -2.27. The molecule has 2 saturated heterocycles. The molecule has 4 rings (SSSR count). The van der Waals surface area contributed by atoms with Crippen LogP contribution in [0.4, 0.5) is 4.39 Å². The van der Waals surface area contributed by atoms with Gasteiger partial charge in [-0.1, -0.05) is 18.2 Å². The number of nitrogens with one attached hydrogen (secondary N) is 1. The molecule has 136 valence electrons. The average molecular weight is 353 g/mol. The molecule has 4 nitrogen and oxygen atoms in total. The van der Waals surface area contributed by atoms with Crippen molar-refractivity contribution < 1.29 is 9.18 Å². The third kappa shape index (κ3) is 2.62. The third-order valence-electron chi connectivity index (χ3n) is 6.35. The number of likely N-dealkylation sites (N-methyl/N-ethyl adjacent to an activating group) is 1. The zero-order valence-corrected chi connectivity index (χ0v) is 15.2. The van der Waals surface area contributed by atoms with Crippen LogP contribution in [0.3, 0.4) is 0 Å².